The van der Waals surface area contributed by atoms with Gasteiger partial charge in [0.25, 0.3) is 0 Å². The largest absolute Gasteiger partial charge is 0.481 e. The molecule has 0 saturated heterocycles. The first kappa shape index (κ1) is 9.97. The molecule has 0 aliphatic rings. The van der Waals surface area contributed by atoms with Gasteiger partial charge in [0.15, 0.2) is 0 Å². The first-order valence-electron chi connectivity index (χ1n) is 2.78. The third-order valence-electron chi connectivity index (χ3n) is 1.000. The summed E-state index contributed by atoms with van der Waals surface area (Å²) in [5, 5.41) is 0. The zero-order valence-corrected chi connectivity index (χ0v) is 7.09. The van der Waals surface area contributed by atoms with Crippen LogP contribution >= 0.6 is 12.4 Å². The van der Waals surface area contributed by atoms with Crippen LogP contribution in [0.25, 0.3) is 0 Å². The van der Waals surface area contributed by atoms with Crippen LogP contribution in [0.1, 0.15) is 0 Å². The van der Waals surface area contributed by atoms with E-state index in [2.05, 4.69) is 9.97 Å². The summed E-state index contributed by atoms with van der Waals surface area (Å²) in [5.41, 5.74) is 0. The molecule has 0 fully saturated rings. The molecule has 5 heteroatoms. The lowest BCUT2D eigenvalue weighted by Crippen LogP contribution is -1.93. The Hall–Kier alpha value is -1.03. The van der Waals surface area contributed by atoms with Gasteiger partial charge in [-0.1, -0.05) is 0 Å². The number of hydrogen-bond acceptors (Lipinski definition) is 4. The highest BCUT2D eigenvalue weighted by atomic mass is 35.5. The second-order valence-corrected chi connectivity index (χ2v) is 1.59. The van der Waals surface area contributed by atoms with Crippen LogP contribution in [0.15, 0.2) is 12.3 Å². The highest BCUT2D eigenvalue weighted by Gasteiger charge is 1.95. The van der Waals surface area contributed by atoms with Crippen molar-refractivity contribution < 1.29 is 9.47 Å². The molecule has 0 aliphatic heterocycles. The van der Waals surface area contributed by atoms with E-state index < -0.39 is 0 Å². The van der Waals surface area contributed by atoms with Gasteiger partial charge in [0.2, 0.25) is 5.88 Å². The van der Waals surface area contributed by atoms with Gasteiger partial charge in [-0.05, 0) is 0 Å². The van der Waals surface area contributed by atoms with Gasteiger partial charge in [0.05, 0.1) is 14.2 Å². The fourth-order valence-corrected chi connectivity index (χ4v) is 0.537. The lowest BCUT2D eigenvalue weighted by molar-refractivity contribution is 0.352. The van der Waals surface area contributed by atoms with Crippen molar-refractivity contribution in [2.24, 2.45) is 0 Å². The van der Waals surface area contributed by atoms with Gasteiger partial charge in [0.1, 0.15) is 0 Å². The number of nitrogens with zero attached hydrogens (tertiary/aromatic N) is 2. The second kappa shape index (κ2) is 4.73. The molecule has 0 aromatic carbocycles. The third-order valence-corrected chi connectivity index (χ3v) is 1.000. The molecule has 0 saturated carbocycles. The maximum absolute atomic E-state index is 4.83. The fraction of sp³-hybridized carbons (Fsp3) is 0.333. The standard InChI is InChI=1S/C6H8N2O2.ClH/c1-9-5-3-4-7-6(8-5)10-2;/h3-4H,1-2H3;1H. The van der Waals surface area contributed by atoms with Crippen LogP contribution in [0.2, 0.25) is 0 Å². The molecule has 0 radical (unpaired) electrons. The van der Waals surface area contributed by atoms with Crippen molar-refractivity contribution in [3.63, 3.8) is 0 Å². The van der Waals surface area contributed by atoms with Crippen molar-refractivity contribution in [1.82, 2.24) is 9.97 Å². The minimum Gasteiger partial charge on any atom is -0.481 e. The van der Waals surface area contributed by atoms with Crippen LogP contribution in [0.3, 0.4) is 0 Å². The molecule has 1 aromatic heterocycles. The molecule has 11 heavy (non-hydrogen) atoms. The molecular weight excluding hydrogens is 168 g/mol. The van der Waals surface area contributed by atoms with E-state index in [4.69, 9.17) is 9.47 Å². The molecule has 0 unspecified atom stereocenters. The third kappa shape index (κ3) is 2.59. The molecule has 0 N–H and O–H groups in total. The quantitative estimate of drug-likeness (QED) is 0.672. The van der Waals surface area contributed by atoms with Crippen LogP contribution in [0.5, 0.6) is 11.9 Å². The molecular formula is C6H9ClN2O2. The van der Waals surface area contributed by atoms with Gasteiger partial charge in [0, 0.05) is 12.3 Å². The van der Waals surface area contributed by atoms with Crippen molar-refractivity contribution in [3.8, 4) is 11.9 Å². The van der Waals surface area contributed by atoms with Crippen LogP contribution < -0.4 is 9.47 Å². The van der Waals surface area contributed by atoms with Gasteiger partial charge in [-0.15, -0.1) is 12.4 Å². The summed E-state index contributed by atoms with van der Waals surface area (Å²) < 4.78 is 9.58. The smallest absolute Gasteiger partial charge is 0.319 e. The zero-order chi connectivity index (χ0) is 7.40. The van der Waals surface area contributed by atoms with Crippen LogP contribution in [0.4, 0.5) is 0 Å². The Kier molecular flexibility index (Phi) is 4.29. The number of aromatic nitrogens is 2. The molecule has 4 nitrogen and oxygen atoms in total. The maximum atomic E-state index is 4.83. The van der Waals surface area contributed by atoms with Crippen molar-refractivity contribution in [2.75, 3.05) is 14.2 Å². The van der Waals surface area contributed by atoms with Gasteiger partial charge in [-0.25, -0.2) is 4.98 Å². The van der Waals surface area contributed by atoms with E-state index in [0.29, 0.717) is 11.9 Å². The van der Waals surface area contributed by atoms with Crippen molar-refractivity contribution in [3.05, 3.63) is 12.3 Å². The predicted molar refractivity (Wildman–Crippen MR) is 42.4 cm³/mol. The summed E-state index contributed by atoms with van der Waals surface area (Å²) in [6, 6.07) is 1.97. The monoisotopic (exact) mass is 176 g/mol. The molecule has 0 amide bonds. The van der Waals surface area contributed by atoms with Gasteiger partial charge in [-0.2, -0.15) is 4.98 Å². The SMILES string of the molecule is COc1ccnc(OC)n1.Cl. The zero-order valence-electron chi connectivity index (χ0n) is 6.27. The lowest BCUT2D eigenvalue weighted by atomic mass is 10.6. The van der Waals surface area contributed by atoms with Crippen molar-refractivity contribution in [2.45, 2.75) is 0 Å². The molecule has 62 valence electrons. The number of hydrogen-bond donors (Lipinski definition) is 0. The predicted octanol–water partition coefficient (Wildman–Crippen LogP) is 0.916. The van der Waals surface area contributed by atoms with Crippen LogP contribution in [-0.4, -0.2) is 24.2 Å². The Bertz CT molecular complexity index is 200. The Labute approximate surface area is 71.0 Å². The number of halogens is 1. The van der Waals surface area contributed by atoms with Gasteiger partial charge < -0.3 is 9.47 Å². The average molecular weight is 177 g/mol. The first-order valence-corrected chi connectivity index (χ1v) is 2.78. The van der Waals surface area contributed by atoms with Gasteiger partial charge in [-0.3, -0.25) is 0 Å². The lowest BCUT2D eigenvalue weighted by Gasteiger charge is -1.98. The Morgan fingerprint density at radius 3 is 2.55 bits per heavy atom. The van der Waals surface area contributed by atoms with Crippen molar-refractivity contribution >= 4 is 12.4 Å². The number of rotatable bonds is 2. The van der Waals surface area contributed by atoms with Crippen LogP contribution in [-0.2, 0) is 0 Å². The Morgan fingerprint density at radius 2 is 2.00 bits per heavy atom. The average Bonchev–Trinajstić information content (AvgIpc) is 2.05. The van der Waals surface area contributed by atoms with Crippen LogP contribution in [0, 0.1) is 0 Å². The maximum Gasteiger partial charge on any atom is 0.319 e. The summed E-state index contributed by atoms with van der Waals surface area (Å²) in [5.74, 6) is 0.506. The summed E-state index contributed by atoms with van der Waals surface area (Å²) in [6.45, 7) is 0. The summed E-state index contributed by atoms with van der Waals surface area (Å²) in [7, 11) is 3.05. The summed E-state index contributed by atoms with van der Waals surface area (Å²) >= 11 is 0. The molecule has 0 spiro atoms. The second-order valence-electron chi connectivity index (χ2n) is 1.59. The number of ether oxygens (including phenoxy) is 2. The van der Waals surface area contributed by atoms with E-state index in [1.54, 1.807) is 19.4 Å². The summed E-state index contributed by atoms with van der Waals surface area (Å²) in [4.78, 5) is 7.65. The highest BCUT2D eigenvalue weighted by Crippen LogP contribution is 2.07. The van der Waals surface area contributed by atoms with E-state index in [9.17, 15) is 0 Å². The fourth-order valence-electron chi connectivity index (χ4n) is 0.537. The van der Waals surface area contributed by atoms with E-state index in [1.807, 2.05) is 0 Å². The molecule has 1 heterocycles. The van der Waals surface area contributed by atoms with E-state index in [-0.39, 0.29) is 12.4 Å². The van der Waals surface area contributed by atoms with Crippen molar-refractivity contribution in [1.29, 1.82) is 0 Å². The Balaban J connectivity index is 0.000001000. The van der Waals surface area contributed by atoms with E-state index in [1.165, 1.54) is 7.11 Å². The van der Waals surface area contributed by atoms with E-state index >= 15 is 0 Å². The molecule has 0 atom stereocenters. The molecule has 1 aromatic rings. The topological polar surface area (TPSA) is 44.2 Å². The molecule has 0 aliphatic carbocycles. The Morgan fingerprint density at radius 1 is 1.27 bits per heavy atom. The normalized spacial score (nSPS) is 8.18. The molecule has 1 rings (SSSR count). The van der Waals surface area contributed by atoms with E-state index in [0.717, 1.165) is 0 Å². The minimum absolute atomic E-state index is 0. The first-order chi connectivity index (χ1) is 4.86. The molecule has 0 bridgehead atoms. The minimum atomic E-state index is 0. The highest BCUT2D eigenvalue weighted by molar-refractivity contribution is 5.85. The summed E-state index contributed by atoms with van der Waals surface area (Å²) in [6.07, 6.45) is 1.57. The van der Waals surface area contributed by atoms with Gasteiger partial charge >= 0.3 is 6.01 Å². The number of methoxy groups -OCH3 is 2.